The highest BCUT2D eigenvalue weighted by molar-refractivity contribution is 8.02. The minimum atomic E-state index is -0.317. The number of nitrogens with one attached hydrogen (secondary N) is 2. The zero-order valence-electron chi connectivity index (χ0n) is 12.5. The maximum atomic E-state index is 13.1. The lowest BCUT2D eigenvalue weighted by atomic mass is 10.3. The molecule has 0 radical (unpaired) electrons. The predicted molar refractivity (Wildman–Crippen MR) is 88.2 cm³/mol. The van der Waals surface area contributed by atoms with E-state index in [9.17, 15) is 9.18 Å². The molecule has 118 valence electrons. The van der Waals surface area contributed by atoms with Crippen molar-refractivity contribution in [1.29, 1.82) is 0 Å². The first-order chi connectivity index (χ1) is 10.4. The number of nitrogens with zero attached hydrogens (tertiary/aromatic N) is 2. The number of amides is 1. The fourth-order valence-electron chi connectivity index (χ4n) is 1.60. The Bertz CT molecular complexity index is 647. The summed E-state index contributed by atoms with van der Waals surface area (Å²) in [6.45, 7) is 5.66. The number of carbonyl (C=O) groups excluding carboxylic acids is 1. The second-order valence-corrected chi connectivity index (χ2v) is 7.50. The number of aromatic nitrogens is 2. The molecule has 1 atom stereocenters. The second kappa shape index (κ2) is 7.55. The lowest BCUT2D eigenvalue weighted by Crippen LogP contribution is -2.35. The molecule has 0 aliphatic heterocycles. The van der Waals surface area contributed by atoms with Crippen LogP contribution in [0.3, 0.4) is 0 Å². The van der Waals surface area contributed by atoms with Crippen molar-refractivity contribution in [3.05, 3.63) is 30.1 Å². The van der Waals surface area contributed by atoms with Crippen LogP contribution in [0, 0.1) is 5.82 Å². The van der Waals surface area contributed by atoms with Crippen LogP contribution in [0.4, 0.5) is 15.2 Å². The number of benzene rings is 1. The van der Waals surface area contributed by atoms with Gasteiger partial charge < -0.3 is 10.6 Å². The van der Waals surface area contributed by atoms with Crippen LogP contribution < -0.4 is 10.6 Å². The van der Waals surface area contributed by atoms with Crippen molar-refractivity contribution in [2.75, 3.05) is 5.32 Å². The van der Waals surface area contributed by atoms with E-state index in [1.807, 2.05) is 20.8 Å². The van der Waals surface area contributed by atoms with Crippen LogP contribution in [0.2, 0.25) is 0 Å². The Morgan fingerprint density at radius 2 is 2.09 bits per heavy atom. The maximum absolute atomic E-state index is 13.1. The quantitative estimate of drug-likeness (QED) is 0.789. The van der Waals surface area contributed by atoms with Crippen LogP contribution in [0.5, 0.6) is 0 Å². The summed E-state index contributed by atoms with van der Waals surface area (Å²) in [5.74, 6) is -0.349. The standard InChI is InChI=1S/C14H17FN4OS2/c1-8(2)16-12(20)9(3)21-14-19-18-13(22-14)17-11-6-4-5-10(15)7-11/h4-9H,1-3H3,(H,16,20)(H,17,18)/t9-/m1/s1. The molecule has 5 nitrogen and oxygen atoms in total. The topological polar surface area (TPSA) is 66.9 Å². The van der Waals surface area contributed by atoms with Crippen molar-refractivity contribution >= 4 is 39.8 Å². The van der Waals surface area contributed by atoms with E-state index in [0.29, 0.717) is 15.2 Å². The number of hydrogen-bond acceptors (Lipinski definition) is 6. The van der Waals surface area contributed by atoms with E-state index >= 15 is 0 Å². The van der Waals surface area contributed by atoms with Crippen LogP contribution in [-0.2, 0) is 4.79 Å². The van der Waals surface area contributed by atoms with Crippen LogP contribution in [0.1, 0.15) is 20.8 Å². The highest BCUT2D eigenvalue weighted by Crippen LogP contribution is 2.30. The third-order valence-electron chi connectivity index (χ3n) is 2.56. The van der Waals surface area contributed by atoms with Crippen molar-refractivity contribution in [2.24, 2.45) is 0 Å². The van der Waals surface area contributed by atoms with E-state index in [4.69, 9.17) is 0 Å². The Hall–Kier alpha value is -1.67. The van der Waals surface area contributed by atoms with Crippen LogP contribution >= 0.6 is 23.1 Å². The van der Waals surface area contributed by atoms with Crippen LogP contribution in [-0.4, -0.2) is 27.4 Å². The third-order valence-corrected chi connectivity index (χ3v) is 4.58. The number of rotatable bonds is 6. The Morgan fingerprint density at radius 1 is 1.32 bits per heavy atom. The molecule has 1 aromatic carbocycles. The Balaban J connectivity index is 1.95. The van der Waals surface area contributed by atoms with E-state index in [0.717, 1.165) is 0 Å². The summed E-state index contributed by atoms with van der Waals surface area (Å²) in [6, 6.07) is 6.23. The second-order valence-electron chi connectivity index (χ2n) is 4.93. The highest BCUT2D eigenvalue weighted by Gasteiger charge is 2.17. The molecule has 0 spiro atoms. The Kier molecular flexibility index (Phi) is 5.73. The van der Waals surface area contributed by atoms with Gasteiger partial charge in [0.05, 0.1) is 5.25 Å². The molecule has 1 heterocycles. The molecule has 22 heavy (non-hydrogen) atoms. The number of carbonyl (C=O) groups is 1. The molecular formula is C14H17FN4OS2. The summed E-state index contributed by atoms with van der Waals surface area (Å²) in [5, 5.41) is 14.2. The fraction of sp³-hybridized carbons (Fsp3) is 0.357. The molecule has 0 aliphatic rings. The van der Waals surface area contributed by atoms with Gasteiger partial charge in [0.2, 0.25) is 11.0 Å². The molecular weight excluding hydrogens is 323 g/mol. The Labute approximate surface area is 136 Å². The third kappa shape index (κ3) is 4.96. The van der Waals surface area contributed by atoms with E-state index in [1.165, 1.54) is 35.2 Å². The Morgan fingerprint density at radius 3 is 2.77 bits per heavy atom. The van der Waals surface area contributed by atoms with Crippen LogP contribution in [0.15, 0.2) is 28.6 Å². The first-order valence-corrected chi connectivity index (χ1v) is 8.47. The number of halogens is 1. The average Bonchev–Trinajstić information content (AvgIpc) is 2.85. The first kappa shape index (κ1) is 16.7. The van der Waals surface area contributed by atoms with E-state index in [1.54, 1.807) is 12.1 Å². The van der Waals surface area contributed by atoms with Crippen LogP contribution in [0.25, 0.3) is 0 Å². The summed E-state index contributed by atoms with van der Waals surface area (Å²) in [5.41, 5.74) is 0.610. The molecule has 0 saturated heterocycles. The SMILES string of the molecule is CC(C)NC(=O)[C@@H](C)Sc1nnc(Nc2cccc(F)c2)s1. The van der Waals surface area contributed by atoms with Gasteiger partial charge in [-0.05, 0) is 39.0 Å². The van der Waals surface area contributed by atoms with Crippen molar-refractivity contribution in [3.63, 3.8) is 0 Å². The zero-order valence-corrected chi connectivity index (χ0v) is 14.1. The van der Waals surface area contributed by atoms with Gasteiger partial charge in [-0.15, -0.1) is 10.2 Å². The minimum Gasteiger partial charge on any atom is -0.353 e. The molecule has 0 bridgehead atoms. The highest BCUT2D eigenvalue weighted by atomic mass is 32.2. The van der Waals surface area contributed by atoms with Gasteiger partial charge in [-0.2, -0.15) is 0 Å². The van der Waals surface area contributed by atoms with Crippen molar-refractivity contribution in [3.8, 4) is 0 Å². The van der Waals surface area contributed by atoms with Gasteiger partial charge in [0.15, 0.2) is 4.34 Å². The molecule has 2 aromatic rings. The van der Waals surface area contributed by atoms with E-state index in [-0.39, 0.29) is 23.0 Å². The molecule has 0 unspecified atom stereocenters. The summed E-state index contributed by atoms with van der Waals surface area (Å²) >= 11 is 2.67. The van der Waals surface area contributed by atoms with Gasteiger partial charge >= 0.3 is 0 Å². The van der Waals surface area contributed by atoms with E-state index in [2.05, 4.69) is 20.8 Å². The maximum Gasteiger partial charge on any atom is 0.233 e. The van der Waals surface area contributed by atoms with Crippen molar-refractivity contribution < 1.29 is 9.18 Å². The van der Waals surface area contributed by atoms with E-state index < -0.39 is 0 Å². The van der Waals surface area contributed by atoms with Crippen molar-refractivity contribution in [1.82, 2.24) is 15.5 Å². The normalized spacial score (nSPS) is 12.2. The molecule has 8 heteroatoms. The first-order valence-electron chi connectivity index (χ1n) is 6.77. The van der Waals surface area contributed by atoms with Gasteiger partial charge in [-0.3, -0.25) is 4.79 Å². The fourth-order valence-corrected chi connectivity index (χ4v) is 3.53. The predicted octanol–water partition coefficient (Wildman–Crippen LogP) is 3.43. The molecule has 1 aromatic heterocycles. The number of hydrogen-bond donors (Lipinski definition) is 2. The van der Waals surface area contributed by atoms with Gasteiger partial charge in [-0.1, -0.05) is 29.2 Å². The van der Waals surface area contributed by atoms with Crippen molar-refractivity contribution in [2.45, 2.75) is 36.4 Å². The largest absolute Gasteiger partial charge is 0.353 e. The average molecular weight is 340 g/mol. The summed E-state index contributed by atoms with van der Waals surface area (Å²) in [4.78, 5) is 11.9. The lowest BCUT2D eigenvalue weighted by molar-refractivity contribution is -0.120. The summed E-state index contributed by atoms with van der Waals surface area (Å²) < 4.78 is 13.8. The molecule has 1 amide bonds. The minimum absolute atomic E-state index is 0.0326. The number of anilines is 2. The molecule has 0 saturated carbocycles. The molecule has 0 aliphatic carbocycles. The lowest BCUT2D eigenvalue weighted by Gasteiger charge is -2.12. The smallest absolute Gasteiger partial charge is 0.233 e. The monoisotopic (exact) mass is 340 g/mol. The van der Waals surface area contributed by atoms with Gasteiger partial charge in [0.25, 0.3) is 0 Å². The molecule has 0 fully saturated rings. The zero-order chi connectivity index (χ0) is 16.1. The molecule has 2 rings (SSSR count). The molecule has 2 N–H and O–H groups in total. The van der Waals surface area contributed by atoms with Gasteiger partial charge in [0.1, 0.15) is 5.82 Å². The summed E-state index contributed by atoms with van der Waals surface area (Å²) in [6.07, 6.45) is 0. The van der Waals surface area contributed by atoms with Gasteiger partial charge in [0, 0.05) is 11.7 Å². The number of thioether (sulfide) groups is 1. The van der Waals surface area contributed by atoms with Gasteiger partial charge in [-0.25, -0.2) is 4.39 Å². The summed E-state index contributed by atoms with van der Waals surface area (Å²) in [7, 11) is 0.